The summed E-state index contributed by atoms with van der Waals surface area (Å²) in [7, 11) is 0. The van der Waals surface area contributed by atoms with Crippen molar-refractivity contribution in [3.63, 3.8) is 0 Å². The fraction of sp³-hybridized carbons (Fsp3) is 0.0526. The van der Waals surface area contributed by atoms with Gasteiger partial charge in [-0.3, -0.25) is 0 Å². The molecule has 0 atom stereocenters. The summed E-state index contributed by atoms with van der Waals surface area (Å²) in [6, 6.07) is 66.4. The van der Waals surface area contributed by atoms with Gasteiger partial charge in [-0.2, -0.15) is 0 Å². The highest BCUT2D eigenvalue weighted by Crippen LogP contribution is 2.46. The minimum Gasteiger partial charge on any atom is -0.455 e. The molecule has 9 aromatic carbocycles. The van der Waals surface area contributed by atoms with Crippen molar-refractivity contribution in [3.05, 3.63) is 199 Å². The van der Waals surface area contributed by atoms with Crippen molar-refractivity contribution >= 4 is 101 Å². The lowest BCUT2D eigenvalue weighted by atomic mass is 9.33. The summed E-state index contributed by atoms with van der Waals surface area (Å²) < 4.78 is 12.9. The molecule has 2 aliphatic heterocycles. The van der Waals surface area contributed by atoms with Crippen LogP contribution in [0.15, 0.2) is 191 Å². The van der Waals surface area contributed by atoms with E-state index in [-0.39, 0.29) is 6.71 Å². The summed E-state index contributed by atoms with van der Waals surface area (Å²) in [6.45, 7) is 6.69. The Labute approximate surface area is 360 Å². The van der Waals surface area contributed by atoms with Crippen molar-refractivity contribution in [2.75, 3.05) is 9.80 Å². The predicted molar refractivity (Wildman–Crippen MR) is 260 cm³/mol. The smallest absolute Gasteiger partial charge is 0.252 e. The van der Waals surface area contributed by atoms with Crippen LogP contribution < -0.4 is 26.2 Å². The van der Waals surface area contributed by atoms with E-state index in [4.69, 9.17) is 8.83 Å². The third-order valence-corrected chi connectivity index (χ3v) is 13.2. The average Bonchev–Trinajstić information content (AvgIpc) is 3.88. The quantitative estimate of drug-likeness (QED) is 0.166. The average molecular weight is 795 g/mol. The molecule has 0 fully saturated rings. The van der Waals surface area contributed by atoms with Crippen LogP contribution in [-0.2, 0) is 0 Å². The van der Waals surface area contributed by atoms with Crippen LogP contribution in [0.1, 0.15) is 16.7 Å². The Kier molecular flexibility index (Phi) is 7.42. The SMILES string of the molecule is Cc1ccc2c(c1)N(c1ccc(-c3cccc4c3oc3ccccc34)cc1)c1cc(C)cc3c1B2c1ccc(C)cc1N3c1ccc(-c2cccc3c2oc2ccccc23)cc1. The molecule has 0 spiro atoms. The number of benzene rings is 9. The molecule has 0 radical (unpaired) electrons. The van der Waals surface area contributed by atoms with Gasteiger partial charge in [-0.15, -0.1) is 0 Å². The number of fused-ring (bicyclic) bond motifs is 10. The summed E-state index contributed by atoms with van der Waals surface area (Å²) in [5, 5.41) is 4.56. The Balaban J connectivity index is 0.968. The number of nitrogens with zero attached hydrogens (tertiary/aromatic N) is 2. The first-order valence-corrected chi connectivity index (χ1v) is 21.4. The standard InChI is InChI=1S/C57H39BN2O2/c1-34-18-28-47-49(30-34)59(39-24-20-37(21-25-39)41-12-8-14-45-43-10-4-6-16-53(43)61-56(41)45)51-32-36(3)33-52-55(51)58(47)48-29-19-35(2)31-50(48)60(52)40-26-22-38(23-27-40)42-13-9-15-46-44-11-5-7-17-54(44)62-57(42)46/h4-33H,1-3H3. The number of hydrogen-bond acceptors (Lipinski definition) is 4. The van der Waals surface area contributed by atoms with Crippen LogP contribution >= 0.6 is 0 Å². The summed E-state index contributed by atoms with van der Waals surface area (Å²) in [5.41, 5.74) is 22.8. The van der Waals surface area contributed by atoms with Gasteiger partial charge >= 0.3 is 0 Å². The number of para-hydroxylation sites is 4. The Morgan fingerprint density at radius 1 is 0.371 bits per heavy atom. The molecule has 5 heteroatoms. The van der Waals surface area contributed by atoms with Crippen molar-refractivity contribution in [1.29, 1.82) is 0 Å². The molecule has 0 bridgehead atoms. The van der Waals surface area contributed by atoms with Gasteiger partial charge in [0.15, 0.2) is 0 Å². The normalized spacial score (nSPS) is 13.0. The van der Waals surface area contributed by atoms with Gasteiger partial charge in [0.05, 0.1) is 0 Å². The van der Waals surface area contributed by atoms with Crippen molar-refractivity contribution in [2.24, 2.45) is 0 Å². The van der Waals surface area contributed by atoms with Gasteiger partial charge in [0.25, 0.3) is 6.71 Å². The largest absolute Gasteiger partial charge is 0.455 e. The third kappa shape index (κ3) is 5.09. The lowest BCUT2D eigenvalue weighted by Gasteiger charge is -2.44. The summed E-state index contributed by atoms with van der Waals surface area (Å²) in [6.07, 6.45) is 0. The van der Waals surface area contributed by atoms with E-state index in [1.54, 1.807) is 0 Å². The number of hydrogen-bond donors (Lipinski definition) is 0. The molecule has 0 amide bonds. The molecule has 292 valence electrons. The highest BCUT2D eigenvalue weighted by Gasteiger charge is 2.43. The second-order valence-electron chi connectivity index (χ2n) is 17.1. The summed E-state index contributed by atoms with van der Waals surface area (Å²) >= 11 is 0. The number of furan rings is 2. The first kappa shape index (κ1) is 35.0. The van der Waals surface area contributed by atoms with E-state index in [0.29, 0.717) is 0 Å². The lowest BCUT2D eigenvalue weighted by molar-refractivity contribution is 0.669. The zero-order valence-corrected chi connectivity index (χ0v) is 34.6. The van der Waals surface area contributed by atoms with E-state index in [0.717, 1.165) is 77.5 Å². The minimum absolute atomic E-state index is 0.0641. The maximum Gasteiger partial charge on any atom is 0.252 e. The van der Waals surface area contributed by atoms with Crippen LogP contribution in [0, 0.1) is 20.8 Å². The number of rotatable bonds is 4. The first-order chi connectivity index (χ1) is 30.5. The second kappa shape index (κ2) is 13.1. The molecule has 62 heavy (non-hydrogen) atoms. The van der Waals surface area contributed by atoms with Crippen LogP contribution in [0.5, 0.6) is 0 Å². The topological polar surface area (TPSA) is 32.8 Å². The molecule has 0 aliphatic carbocycles. The van der Waals surface area contributed by atoms with Gasteiger partial charge in [-0.25, -0.2) is 0 Å². The molecule has 2 aliphatic rings. The van der Waals surface area contributed by atoms with Crippen LogP contribution in [0.2, 0.25) is 0 Å². The van der Waals surface area contributed by atoms with E-state index >= 15 is 0 Å². The van der Waals surface area contributed by atoms with Crippen molar-refractivity contribution in [3.8, 4) is 22.3 Å². The van der Waals surface area contributed by atoms with Crippen LogP contribution in [0.25, 0.3) is 66.1 Å². The minimum atomic E-state index is 0.0641. The molecule has 2 aromatic heterocycles. The molecule has 0 unspecified atom stereocenters. The number of aryl methyl sites for hydroxylation is 3. The van der Waals surface area contributed by atoms with Crippen molar-refractivity contribution < 1.29 is 8.83 Å². The lowest BCUT2D eigenvalue weighted by Crippen LogP contribution is -2.61. The van der Waals surface area contributed by atoms with Gasteiger partial charge in [-0.1, -0.05) is 121 Å². The predicted octanol–water partition coefficient (Wildman–Crippen LogP) is 13.8. The highest BCUT2D eigenvalue weighted by molar-refractivity contribution is 7.00. The zero-order chi connectivity index (χ0) is 41.2. The van der Waals surface area contributed by atoms with Crippen molar-refractivity contribution in [2.45, 2.75) is 20.8 Å². The Hall–Kier alpha value is -7.76. The first-order valence-electron chi connectivity index (χ1n) is 21.4. The Morgan fingerprint density at radius 2 is 0.790 bits per heavy atom. The fourth-order valence-electron chi connectivity index (χ4n) is 10.4. The Bertz CT molecular complexity index is 3400. The Morgan fingerprint density at radius 3 is 1.26 bits per heavy atom. The molecule has 4 nitrogen and oxygen atoms in total. The molecular formula is C57H39BN2O2. The molecule has 0 saturated heterocycles. The molecule has 13 rings (SSSR count). The molecule has 4 heterocycles. The highest BCUT2D eigenvalue weighted by atomic mass is 16.3. The maximum atomic E-state index is 6.47. The van der Waals surface area contributed by atoms with Gasteiger partial charge in [0, 0.05) is 66.8 Å². The van der Waals surface area contributed by atoms with Crippen LogP contribution in [0.4, 0.5) is 34.1 Å². The fourth-order valence-corrected chi connectivity index (χ4v) is 10.4. The van der Waals surface area contributed by atoms with E-state index in [1.165, 1.54) is 55.8 Å². The summed E-state index contributed by atoms with van der Waals surface area (Å²) in [5.74, 6) is 0. The second-order valence-corrected chi connectivity index (χ2v) is 17.1. The van der Waals surface area contributed by atoms with Gasteiger partial charge < -0.3 is 18.6 Å². The molecule has 0 saturated carbocycles. The maximum absolute atomic E-state index is 6.47. The third-order valence-electron chi connectivity index (χ3n) is 13.2. The molecule has 0 N–H and O–H groups in total. The molecule has 11 aromatic rings. The number of anilines is 6. The van der Waals surface area contributed by atoms with Crippen LogP contribution in [0.3, 0.4) is 0 Å². The van der Waals surface area contributed by atoms with E-state index in [2.05, 4.69) is 188 Å². The van der Waals surface area contributed by atoms with Gasteiger partial charge in [-0.05, 0) is 126 Å². The van der Waals surface area contributed by atoms with Crippen LogP contribution in [-0.4, -0.2) is 6.71 Å². The van der Waals surface area contributed by atoms with E-state index < -0.39 is 0 Å². The zero-order valence-electron chi connectivity index (χ0n) is 34.6. The van der Waals surface area contributed by atoms with Gasteiger partial charge in [0.2, 0.25) is 0 Å². The van der Waals surface area contributed by atoms with E-state index in [9.17, 15) is 0 Å². The molecular weight excluding hydrogens is 755 g/mol. The van der Waals surface area contributed by atoms with Crippen molar-refractivity contribution in [1.82, 2.24) is 0 Å². The van der Waals surface area contributed by atoms with E-state index in [1.807, 2.05) is 24.3 Å². The summed E-state index contributed by atoms with van der Waals surface area (Å²) in [4.78, 5) is 4.98. The monoisotopic (exact) mass is 794 g/mol. The van der Waals surface area contributed by atoms with Gasteiger partial charge in [0.1, 0.15) is 22.3 Å².